The molecule has 1 heterocycles. The molecule has 1 unspecified atom stereocenters. The standard InChI is InChI=1S/C13H12BrNO3/c14-10-4-1-3-9(7-10)13(17)15-8-11(16)12-5-2-6-18-12/h1-7,11,16H,8H2,(H,15,17). The lowest BCUT2D eigenvalue weighted by Crippen LogP contribution is -2.28. The Balaban J connectivity index is 1.92. The summed E-state index contributed by atoms with van der Waals surface area (Å²) in [6.07, 6.45) is 0.644. The summed E-state index contributed by atoms with van der Waals surface area (Å²) in [7, 11) is 0. The monoisotopic (exact) mass is 309 g/mol. The van der Waals surface area contributed by atoms with Gasteiger partial charge in [0.2, 0.25) is 0 Å². The first-order chi connectivity index (χ1) is 8.66. The number of rotatable bonds is 4. The lowest BCUT2D eigenvalue weighted by Gasteiger charge is -2.09. The number of amides is 1. The van der Waals surface area contributed by atoms with Gasteiger partial charge in [-0.15, -0.1) is 0 Å². The molecule has 1 aromatic heterocycles. The number of furan rings is 1. The third-order valence-corrected chi connectivity index (χ3v) is 2.91. The van der Waals surface area contributed by atoms with E-state index in [9.17, 15) is 9.90 Å². The molecule has 5 heteroatoms. The normalized spacial score (nSPS) is 12.1. The molecule has 0 fully saturated rings. The van der Waals surface area contributed by atoms with Crippen LogP contribution in [-0.2, 0) is 0 Å². The maximum Gasteiger partial charge on any atom is 0.251 e. The van der Waals surface area contributed by atoms with Crippen molar-refractivity contribution in [1.82, 2.24) is 5.32 Å². The SMILES string of the molecule is O=C(NCC(O)c1ccco1)c1cccc(Br)c1. The second-order valence-electron chi connectivity index (χ2n) is 3.75. The number of benzene rings is 1. The number of hydrogen-bond donors (Lipinski definition) is 2. The van der Waals surface area contributed by atoms with Crippen molar-refractivity contribution in [2.45, 2.75) is 6.10 Å². The van der Waals surface area contributed by atoms with Crippen LogP contribution < -0.4 is 5.32 Å². The van der Waals surface area contributed by atoms with E-state index < -0.39 is 6.10 Å². The van der Waals surface area contributed by atoms with E-state index >= 15 is 0 Å². The third kappa shape index (κ3) is 3.21. The predicted octanol–water partition coefficient (Wildman–Crippen LogP) is 2.51. The summed E-state index contributed by atoms with van der Waals surface area (Å²) < 4.78 is 5.88. The van der Waals surface area contributed by atoms with Gasteiger partial charge in [-0.3, -0.25) is 4.79 Å². The Labute approximate surface area is 113 Å². The fourth-order valence-electron chi connectivity index (χ4n) is 1.50. The molecular formula is C13H12BrNO3. The predicted molar refractivity (Wildman–Crippen MR) is 70.1 cm³/mol. The van der Waals surface area contributed by atoms with Crippen molar-refractivity contribution in [2.75, 3.05) is 6.54 Å². The van der Waals surface area contributed by atoms with Gasteiger partial charge in [-0.2, -0.15) is 0 Å². The molecule has 4 nitrogen and oxygen atoms in total. The summed E-state index contributed by atoms with van der Waals surface area (Å²) in [5, 5.41) is 12.4. The van der Waals surface area contributed by atoms with Gasteiger partial charge in [-0.05, 0) is 30.3 Å². The lowest BCUT2D eigenvalue weighted by molar-refractivity contribution is 0.0901. The minimum atomic E-state index is -0.837. The average Bonchev–Trinajstić information content (AvgIpc) is 2.89. The van der Waals surface area contributed by atoms with Crippen LogP contribution in [0.2, 0.25) is 0 Å². The van der Waals surface area contributed by atoms with E-state index in [2.05, 4.69) is 21.2 Å². The third-order valence-electron chi connectivity index (χ3n) is 2.41. The van der Waals surface area contributed by atoms with Crippen molar-refractivity contribution in [3.05, 3.63) is 58.5 Å². The van der Waals surface area contributed by atoms with Crippen molar-refractivity contribution in [2.24, 2.45) is 0 Å². The molecule has 2 aromatic rings. The molecule has 2 rings (SSSR count). The van der Waals surface area contributed by atoms with Crippen LogP contribution in [0.1, 0.15) is 22.2 Å². The molecule has 0 spiro atoms. The fourth-order valence-corrected chi connectivity index (χ4v) is 1.90. The highest BCUT2D eigenvalue weighted by atomic mass is 79.9. The van der Waals surface area contributed by atoms with E-state index in [1.165, 1.54) is 6.26 Å². The number of carbonyl (C=O) groups is 1. The van der Waals surface area contributed by atoms with Gasteiger partial charge in [0.05, 0.1) is 12.8 Å². The van der Waals surface area contributed by atoms with Gasteiger partial charge in [-0.25, -0.2) is 0 Å². The molecule has 1 atom stereocenters. The summed E-state index contributed by atoms with van der Waals surface area (Å²) in [5.74, 6) is 0.200. The van der Waals surface area contributed by atoms with Crippen LogP contribution in [0.5, 0.6) is 0 Å². The molecule has 1 amide bonds. The van der Waals surface area contributed by atoms with Crippen LogP contribution in [0.4, 0.5) is 0 Å². The van der Waals surface area contributed by atoms with Crippen LogP contribution >= 0.6 is 15.9 Å². The molecule has 0 radical (unpaired) electrons. The maximum atomic E-state index is 11.8. The molecule has 0 saturated carbocycles. The number of hydrogen-bond acceptors (Lipinski definition) is 3. The van der Waals surface area contributed by atoms with Gasteiger partial charge >= 0.3 is 0 Å². The van der Waals surface area contributed by atoms with Crippen LogP contribution in [0.15, 0.2) is 51.6 Å². The highest BCUT2D eigenvalue weighted by Crippen LogP contribution is 2.13. The van der Waals surface area contributed by atoms with Crippen molar-refractivity contribution in [1.29, 1.82) is 0 Å². The molecular weight excluding hydrogens is 298 g/mol. The Hall–Kier alpha value is -1.59. The van der Waals surface area contributed by atoms with Crippen molar-refractivity contribution in [3.63, 3.8) is 0 Å². The Morgan fingerprint density at radius 3 is 2.89 bits per heavy atom. The highest BCUT2D eigenvalue weighted by Gasteiger charge is 2.12. The average molecular weight is 310 g/mol. The van der Waals surface area contributed by atoms with Gasteiger partial charge in [0.15, 0.2) is 0 Å². The van der Waals surface area contributed by atoms with Crippen LogP contribution in [0.25, 0.3) is 0 Å². The number of nitrogens with one attached hydrogen (secondary N) is 1. The van der Waals surface area contributed by atoms with Gasteiger partial charge in [0, 0.05) is 10.0 Å². The Morgan fingerprint density at radius 2 is 2.22 bits per heavy atom. The molecule has 1 aromatic carbocycles. The number of halogens is 1. The summed E-state index contributed by atoms with van der Waals surface area (Å²) in [4.78, 5) is 11.8. The van der Waals surface area contributed by atoms with Crippen LogP contribution in [0.3, 0.4) is 0 Å². The Morgan fingerprint density at radius 1 is 1.39 bits per heavy atom. The van der Waals surface area contributed by atoms with Gasteiger partial charge in [0.25, 0.3) is 5.91 Å². The first-order valence-corrected chi connectivity index (χ1v) is 6.21. The zero-order chi connectivity index (χ0) is 13.0. The highest BCUT2D eigenvalue weighted by molar-refractivity contribution is 9.10. The zero-order valence-corrected chi connectivity index (χ0v) is 11.1. The summed E-state index contributed by atoms with van der Waals surface area (Å²) in [6, 6.07) is 10.4. The molecule has 0 aliphatic rings. The molecule has 0 aliphatic heterocycles. The second-order valence-corrected chi connectivity index (χ2v) is 4.67. The van der Waals surface area contributed by atoms with Crippen LogP contribution in [0, 0.1) is 0 Å². The molecule has 0 bridgehead atoms. The molecule has 2 N–H and O–H groups in total. The summed E-state index contributed by atoms with van der Waals surface area (Å²) in [6.45, 7) is 0.110. The van der Waals surface area contributed by atoms with E-state index in [0.717, 1.165) is 4.47 Å². The Kier molecular flexibility index (Phi) is 4.17. The van der Waals surface area contributed by atoms with Crippen molar-refractivity contribution < 1.29 is 14.3 Å². The smallest absolute Gasteiger partial charge is 0.251 e. The van der Waals surface area contributed by atoms with E-state index in [4.69, 9.17) is 4.42 Å². The topological polar surface area (TPSA) is 62.5 Å². The quantitative estimate of drug-likeness (QED) is 0.912. The largest absolute Gasteiger partial charge is 0.467 e. The number of carbonyl (C=O) groups excluding carboxylic acids is 1. The minimum absolute atomic E-state index is 0.110. The molecule has 0 saturated heterocycles. The number of aliphatic hydroxyl groups is 1. The van der Waals surface area contributed by atoms with E-state index in [-0.39, 0.29) is 12.5 Å². The van der Waals surface area contributed by atoms with Gasteiger partial charge < -0.3 is 14.8 Å². The van der Waals surface area contributed by atoms with Crippen molar-refractivity contribution >= 4 is 21.8 Å². The van der Waals surface area contributed by atoms with E-state index in [1.54, 1.807) is 30.3 Å². The molecule has 0 aliphatic carbocycles. The first kappa shape index (κ1) is 12.9. The van der Waals surface area contributed by atoms with Gasteiger partial charge in [-0.1, -0.05) is 22.0 Å². The van der Waals surface area contributed by atoms with Crippen molar-refractivity contribution in [3.8, 4) is 0 Å². The second kappa shape index (κ2) is 5.84. The van der Waals surface area contributed by atoms with Gasteiger partial charge in [0.1, 0.15) is 11.9 Å². The fraction of sp³-hybridized carbons (Fsp3) is 0.154. The molecule has 18 heavy (non-hydrogen) atoms. The van der Waals surface area contributed by atoms with E-state index in [0.29, 0.717) is 11.3 Å². The lowest BCUT2D eigenvalue weighted by atomic mass is 10.2. The van der Waals surface area contributed by atoms with E-state index in [1.807, 2.05) is 6.07 Å². The summed E-state index contributed by atoms with van der Waals surface area (Å²) in [5.41, 5.74) is 0.538. The number of aliphatic hydroxyl groups excluding tert-OH is 1. The first-order valence-electron chi connectivity index (χ1n) is 5.42. The minimum Gasteiger partial charge on any atom is -0.467 e. The zero-order valence-electron chi connectivity index (χ0n) is 9.47. The summed E-state index contributed by atoms with van der Waals surface area (Å²) >= 11 is 3.30. The maximum absolute atomic E-state index is 11.8. The van der Waals surface area contributed by atoms with Crippen LogP contribution in [-0.4, -0.2) is 17.6 Å². The molecule has 94 valence electrons. The Bertz CT molecular complexity index is 525.